The van der Waals surface area contributed by atoms with Gasteiger partial charge in [0.15, 0.2) is 0 Å². The maximum atomic E-state index is 13.1. The maximum Gasteiger partial charge on any atom is 0.253 e. The zero-order chi connectivity index (χ0) is 22.5. The molecule has 0 aliphatic rings. The standard InChI is InChI=1S/C25H24N4O3/c1-17(30)28-20-12-22-23(25(31)27-13-19-9-6-10-21(11-19)32-2)16-29(24(22)26-14-20)15-18-7-4-3-5-8-18/h3-12,14,16H,13,15H2,1-2H3,(H,27,31)(H,28,30). The number of rotatable bonds is 7. The molecule has 4 aromatic rings. The largest absolute Gasteiger partial charge is 0.497 e. The van der Waals surface area contributed by atoms with E-state index in [1.807, 2.05) is 65.4 Å². The van der Waals surface area contributed by atoms with Crippen molar-refractivity contribution in [1.29, 1.82) is 0 Å². The van der Waals surface area contributed by atoms with Crippen LogP contribution in [0.1, 0.15) is 28.4 Å². The van der Waals surface area contributed by atoms with Gasteiger partial charge in [0.25, 0.3) is 5.91 Å². The second-order valence-corrected chi connectivity index (χ2v) is 7.47. The first-order valence-corrected chi connectivity index (χ1v) is 10.2. The summed E-state index contributed by atoms with van der Waals surface area (Å²) in [5.74, 6) is 0.325. The fourth-order valence-electron chi connectivity index (χ4n) is 3.58. The van der Waals surface area contributed by atoms with Gasteiger partial charge in [-0.05, 0) is 29.3 Å². The first-order chi connectivity index (χ1) is 15.5. The van der Waals surface area contributed by atoms with E-state index in [0.717, 1.165) is 16.9 Å². The molecule has 0 saturated carbocycles. The van der Waals surface area contributed by atoms with Gasteiger partial charge in [0.1, 0.15) is 11.4 Å². The molecule has 2 aromatic heterocycles. The number of hydrogen-bond donors (Lipinski definition) is 2. The Balaban J connectivity index is 1.65. The Bertz CT molecular complexity index is 1260. The van der Waals surface area contributed by atoms with Crippen LogP contribution in [-0.4, -0.2) is 28.5 Å². The third-order valence-electron chi connectivity index (χ3n) is 5.06. The Labute approximate surface area is 186 Å². The second kappa shape index (κ2) is 9.34. The van der Waals surface area contributed by atoms with Gasteiger partial charge < -0.3 is 19.9 Å². The number of fused-ring (bicyclic) bond motifs is 1. The SMILES string of the molecule is COc1cccc(CNC(=O)c2cn(Cc3ccccc3)c3ncc(NC(C)=O)cc23)c1. The number of carbonyl (C=O) groups excluding carboxylic acids is 2. The number of amides is 2. The molecule has 32 heavy (non-hydrogen) atoms. The Morgan fingerprint density at radius 3 is 2.56 bits per heavy atom. The molecular weight excluding hydrogens is 404 g/mol. The topological polar surface area (TPSA) is 85.2 Å². The number of pyridine rings is 1. The highest BCUT2D eigenvalue weighted by molar-refractivity contribution is 6.07. The third kappa shape index (κ3) is 4.78. The number of hydrogen-bond acceptors (Lipinski definition) is 4. The molecule has 0 spiro atoms. The zero-order valence-electron chi connectivity index (χ0n) is 18.0. The van der Waals surface area contributed by atoms with E-state index in [2.05, 4.69) is 15.6 Å². The van der Waals surface area contributed by atoms with Crippen LogP contribution in [0.5, 0.6) is 5.75 Å². The summed E-state index contributed by atoms with van der Waals surface area (Å²) in [6.07, 6.45) is 3.41. The fraction of sp³-hybridized carbons (Fsp3) is 0.160. The Morgan fingerprint density at radius 2 is 1.81 bits per heavy atom. The lowest BCUT2D eigenvalue weighted by Crippen LogP contribution is -2.22. The lowest BCUT2D eigenvalue weighted by Gasteiger charge is -2.07. The predicted molar refractivity (Wildman–Crippen MR) is 124 cm³/mol. The Hall–Kier alpha value is -4.13. The van der Waals surface area contributed by atoms with E-state index in [4.69, 9.17) is 4.74 Å². The van der Waals surface area contributed by atoms with E-state index in [1.54, 1.807) is 19.4 Å². The Morgan fingerprint density at radius 1 is 1.03 bits per heavy atom. The zero-order valence-corrected chi connectivity index (χ0v) is 18.0. The molecule has 0 atom stereocenters. The molecule has 2 heterocycles. The summed E-state index contributed by atoms with van der Waals surface area (Å²) in [5.41, 5.74) is 3.75. The first-order valence-electron chi connectivity index (χ1n) is 10.2. The van der Waals surface area contributed by atoms with E-state index >= 15 is 0 Å². The lowest BCUT2D eigenvalue weighted by atomic mass is 10.1. The van der Waals surface area contributed by atoms with Gasteiger partial charge in [-0.25, -0.2) is 4.98 Å². The summed E-state index contributed by atoms with van der Waals surface area (Å²) in [6.45, 7) is 2.37. The quantitative estimate of drug-likeness (QED) is 0.466. The highest BCUT2D eigenvalue weighted by Crippen LogP contribution is 2.24. The number of methoxy groups -OCH3 is 1. The minimum atomic E-state index is -0.216. The highest BCUT2D eigenvalue weighted by Gasteiger charge is 2.17. The van der Waals surface area contributed by atoms with Crippen LogP contribution in [-0.2, 0) is 17.9 Å². The number of anilines is 1. The summed E-state index contributed by atoms with van der Waals surface area (Å²) in [5, 5.41) is 6.39. The first kappa shape index (κ1) is 21.1. The smallest absolute Gasteiger partial charge is 0.253 e. The van der Waals surface area contributed by atoms with Crippen molar-refractivity contribution < 1.29 is 14.3 Å². The van der Waals surface area contributed by atoms with Crippen molar-refractivity contribution in [3.63, 3.8) is 0 Å². The van der Waals surface area contributed by atoms with Crippen molar-refractivity contribution in [2.45, 2.75) is 20.0 Å². The number of nitrogens with zero attached hydrogens (tertiary/aromatic N) is 2. The molecule has 7 nitrogen and oxygen atoms in total. The number of benzene rings is 2. The second-order valence-electron chi connectivity index (χ2n) is 7.47. The van der Waals surface area contributed by atoms with Crippen LogP contribution in [0, 0.1) is 0 Å². The highest BCUT2D eigenvalue weighted by atomic mass is 16.5. The van der Waals surface area contributed by atoms with Crippen LogP contribution < -0.4 is 15.4 Å². The average molecular weight is 428 g/mol. The molecular formula is C25H24N4O3. The molecule has 0 bridgehead atoms. The van der Waals surface area contributed by atoms with Crippen molar-refractivity contribution in [1.82, 2.24) is 14.9 Å². The predicted octanol–water partition coefficient (Wildman–Crippen LogP) is 3.98. The molecule has 2 aromatic carbocycles. The molecule has 2 N–H and O–H groups in total. The van der Waals surface area contributed by atoms with Gasteiger partial charge in [0, 0.05) is 31.6 Å². The molecule has 0 radical (unpaired) electrons. The van der Waals surface area contributed by atoms with Crippen molar-refractivity contribution in [3.8, 4) is 5.75 Å². The van der Waals surface area contributed by atoms with Gasteiger partial charge in [-0.2, -0.15) is 0 Å². The maximum absolute atomic E-state index is 13.1. The van der Waals surface area contributed by atoms with Crippen LogP contribution >= 0.6 is 0 Å². The van der Waals surface area contributed by atoms with Crippen LogP contribution in [0.2, 0.25) is 0 Å². The van der Waals surface area contributed by atoms with Crippen LogP contribution in [0.4, 0.5) is 5.69 Å². The lowest BCUT2D eigenvalue weighted by molar-refractivity contribution is -0.114. The number of nitrogens with one attached hydrogen (secondary N) is 2. The van der Waals surface area contributed by atoms with E-state index in [-0.39, 0.29) is 11.8 Å². The minimum Gasteiger partial charge on any atom is -0.497 e. The average Bonchev–Trinajstić information content (AvgIpc) is 3.15. The van der Waals surface area contributed by atoms with Crippen LogP contribution in [0.15, 0.2) is 73.1 Å². The van der Waals surface area contributed by atoms with Gasteiger partial charge >= 0.3 is 0 Å². The number of ether oxygens (including phenoxy) is 1. The molecule has 0 saturated heterocycles. The van der Waals surface area contributed by atoms with Crippen molar-refractivity contribution in [2.75, 3.05) is 12.4 Å². The van der Waals surface area contributed by atoms with Gasteiger partial charge in [-0.1, -0.05) is 42.5 Å². The molecule has 0 aliphatic heterocycles. The third-order valence-corrected chi connectivity index (χ3v) is 5.06. The van der Waals surface area contributed by atoms with Gasteiger partial charge in [0.05, 0.1) is 24.6 Å². The monoisotopic (exact) mass is 428 g/mol. The number of aromatic nitrogens is 2. The van der Waals surface area contributed by atoms with Crippen LogP contribution in [0.25, 0.3) is 11.0 Å². The summed E-state index contributed by atoms with van der Waals surface area (Å²) >= 11 is 0. The Kier molecular flexibility index (Phi) is 6.17. The fourth-order valence-corrected chi connectivity index (χ4v) is 3.58. The van der Waals surface area contributed by atoms with E-state index in [1.165, 1.54) is 6.92 Å². The van der Waals surface area contributed by atoms with Crippen molar-refractivity contribution in [2.24, 2.45) is 0 Å². The summed E-state index contributed by atoms with van der Waals surface area (Å²) in [7, 11) is 1.61. The van der Waals surface area contributed by atoms with Gasteiger partial charge in [-0.3, -0.25) is 9.59 Å². The van der Waals surface area contributed by atoms with E-state index < -0.39 is 0 Å². The molecule has 7 heteroatoms. The minimum absolute atomic E-state index is 0.195. The van der Waals surface area contributed by atoms with Gasteiger partial charge in [-0.15, -0.1) is 0 Å². The van der Waals surface area contributed by atoms with Crippen molar-refractivity contribution in [3.05, 3.63) is 89.7 Å². The van der Waals surface area contributed by atoms with Gasteiger partial charge in [0.2, 0.25) is 5.91 Å². The van der Waals surface area contributed by atoms with E-state index in [0.29, 0.717) is 35.4 Å². The molecule has 0 fully saturated rings. The summed E-state index contributed by atoms with van der Waals surface area (Å²) in [6, 6.07) is 19.3. The van der Waals surface area contributed by atoms with Crippen molar-refractivity contribution >= 4 is 28.5 Å². The summed E-state index contributed by atoms with van der Waals surface area (Å²) in [4.78, 5) is 29.1. The summed E-state index contributed by atoms with van der Waals surface area (Å²) < 4.78 is 7.20. The molecule has 0 aliphatic carbocycles. The van der Waals surface area contributed by atoms with Crippen LogP contribution in [0.3, 0.4) is 0 Å². The molecule has 2 amide bonds. The molecule has 162 valence electrons. The molecule has 0 unspecified atom stereocenters. The molecule has 4 rings (SSSR count). The number of carbonyl (C=O) groups is 2. The normalized spacial score (nSPS) is 10.7. The van der Waals surface area contributed by atoms with E-state index in [9.17, 15) is 9.59 Å².